The molecule has 2 aliphatic carbocycles. The summed E-state index contributed by atoms with van der Waals surface area (Å²) in [7, 11) is 0. The van der Waals surface area contributed by atoms with Crippen molar-refractivity contribution in [2.75, 3.05) is 0 Å². The van der Waals surface area contributed by atoms with E-state index in [4.69, 9.17) is 0 Å². The lowest BCUT2D eigenvalue weighted by atomic mass is 9.77. The van der Waals surface area contributed by atoms with Gasteiger partial charge in [0, 0.05) is 5.92 Å². The first kappa shape index (κ1) is 13.1. The van der Waals surface area contributed by atoms with E-state index in [1.165, 1.54) is 5.57 Å². The van der Waals surface area contributed by atoms with Crippen LogP contribution in [0, 0.1) is 17.8 Å². The van der Waals surface area contributed by atoms with Crippen LogP contribution in [0.3, 0.4) is 0 Å². The summed E-state index contributed by atoms with van der Waals surface area (Å²) < 4.78 is 0. The first-order valence-corrected chi connectivity index (χ1v) is 6.89. The van der Waals surface area contributed by atoms with Gasteiger partial charge in [0.2, 0.25) is 0 Å². The minimum Gasteiger partial charge on any atom is -0.390 e. The van der Waals surface area contributed by atoms with Gasteiger partial charge in [-0.1, -0.05) is 25.5 Å². The highest BCUT2D eigenvalue weighted by Gasteiger charge is 2.50. The number of allylic oxidation sites excluding steroid dienone is 1. The molecular weight excluding hydrogens is 212 g/mol. The minimum atomic E-state index is -0.640. The first-order chi connectivity index (χ1) is 7.74. The number of hydrogen-bond donors (Lipinski definition) is 2. The lowest BCUT2D eigenvalue weighted by molar-refractivity contribution is -0.0419. The second-order valence-electron chi connectivity index (χ2n) is 6.78. The first-order valence-electron chi connectivity index (χ1n) is 6.89. The third-order valence-electron chi connectivity index (χ3n) is 4.97. The Bertz CT molecular complexity index is 326. The molecule has 2 N–H and O–H groups in total. The Morgan fingerprint density at radius 1 is 1.18 bits per heavy atom. The van der Waals surface area contributed by atoms with Gasteiger partial charge in [0.25, 0.3) is 0 Å². The van der Waals surface area contributed by atoms with Crippen molar-refractivity contribution < 1.29 is 10.2 Å². The average Bonchev–Trinajstić information content (AvgIpc) is 2.39. The van der Waals surface area contributed by atoms with Gasteiger partial charge >= 0.3 is 0 Å². The Labute approximate surface area is 105 Å². The maximum Gasteiger partial charge on any atom is 0.0686 e. The summed E-state index contributed by atoms with van der Waals surface area (Å²) >= 11 is 0. The zero-order valence-corrected chi connectivity index (χ0v) is 11.5. The van der Waals surface area contributed by atoms with E-state index in [1.54, 1.807) is 0 Å². The van der Waals surface area contributed by atoms with Crippen molar-refractivity contribution >= 4 is 0 Å². The summed E-state index contributed by atoms with van der Waals surface area (Å²) in [5, 5.41) is 21.1. The summed E-state index contributed by atoms with van der Waals surface area (Å²) in [6, 6.07) is 0. The van der Waals surface area contributed by atoms with Crippen LogP contribution in [0.1, 0.15) is 53.4 Å². The molecule has 0 radical (unpaired) electrons. The molecule has 4 atom stereocenters. The van der Waals surface area contributed by atoms with Gasteiger partial charge in [0.1, 0.15) is 0 Å². The molecule has 2 nitrogen and oxygen atoms in total. The number of fused-ring (bicyclic) bond motifs is 1. The molecule has 0 unspecified atom stereocenters. The molecule has 2 rings (SSSR count). The fourth-order valence-electron chi connectivity index (χ4n) is 3.60. The van der Waals surface area contributed by atoms with E-state index >= 15 is 0 Å². The molecule has 0 aromatic rings. The van der Waals surface area contributed by atoms with Crippen molar-refractivity contribution in [2.45, 2.75) is 64.6 Å². The van der Waals surface area contributed by atoms with Crippen LogP contribution in [0.2, 0.25) is 0 Å². The third-order valence-corrected chi connectivity index (χ3v) is 4.97. The van der Waals surface area contributed by atoms with Crippen molar-refractivity contribution in [3.63, 3.8) is 0 Å². The van der Waals surface area contributed by atoms with Gasteiger partial charge in [-0.3, -0.25) is 0 Å². The highest BCUT2D eigenvalue weighted by molar-refractivity contribution is 5.19. The van der Waals surface area contributed by atoms with Gasteiger partial charge in [-0.25, -0.2) is 0 Å². The molecule has 0 saturated heterocycles. The fraction of sp³-hybridized carbons (Fsp3) is 0.867. The number of aliphatic hydroxyl groups is 2. The van der Waals surface area contributed by atoms with Crippen LogP contribution in [-0.4, -0.2) is 21.4 Å². The van der Waals surface area contributed by atoms with E-state index in [0.29, 0.717) is 5.92 Å². The van der Waals surface area contributed by atoms with Crippen LogP contribution in [0.25, 0.3) is 0 Å². The third kappa shape index (κ3) is 2.30. The largest absolute Gasteiger partial charge is 0.390 e. The van der Waals surface area contributed by atoms with Crippen LogP contribution >= 0.6 is 0 Å². The smallest absolute Gasteiger partial charge is 0.0686 e. The van der Waals surface area contributed by atoms with Gasteiger partial charge in [-0.15, -0.1) is 0 Å². The quantitative estimate of drug-likeness (QED) is 0.690. The van der Waals surface area contributed by atoms with E-state index < -0.39 is 11.2 Å². The average molecular weight is 238 g/mol. The Kier molecular flexibility index (Phi) is 3.16. The second-order valence-corrected chi connectivity index (χ2v) is 6.78. The predicted octanol–water partition coefficient (Wildman–Crippen LogP) is 2.89. The summed E-state index contributed by atoms with van der Waals surface area (Å²) in [6.45, 7) is 8.27. The second kappa shape index (κ2) is 4.10. The molecule has 98 valence electrons. The zero-order valence-electron chi connectivity index (χ0n) is 11.5. The molecule has 2 heteroatoms. The summed E-state index contributed by atoms with van der Waals surface area (Å²) in [6.07, 6.45) is 5.80. The van der Waals surface area contributed by atoms with Gasteiger partial charge in [0.15, 0.2) is 0 Å². The maximum absolute atomic E-state index is 10.6. The minimum absolute atomic E-state index is 0.123. The molecular formula is C15H26O2. The molecule has 2 aliphatic rings. The molecule has 1 saturated carbocycles. The molecule has 0 heterocycles. The highest BCUT2D eigenvalue weighted by Crippen LogP contribution is 2.50. The van der Waals surface area contributed by atoms with Gasteiger partial charge in [-0.2, -0.15) is 0 Å². The van der Waals surface area contributed by atoms with Crippen molar-refractivity contribution in [1.82, 2.24) is 0 Å². The van der Waals surface area contributed by atoms with Crippen molar-refractivity contribution in [2.24, 2.45) is 17.8 Å². The summed E-state index contributed by atoms with van der Waals surface area (Å²) in [5.41, 5.74) is 0.136. The van der Waals surface area contributed by atoms with Crippen LogP contribution in [0.15, 0.2) is 11.6 Å². The summed E-state index contributed by atoms with van der Waals surface area (Å²) in [4.78, 5) is 0. The normalized spacial score (nSPS) is 46.6. The van der Waals surface area contributed by atoms with Crippen molar-refractivity contribution in [3.05, 3.63) is 11.6 Å². The number of rotatable bonds is 1. The van der Waals surface area contributed by atoms with Gasteiger partial charge in [0.05, 0.1) is 11.2 Å². The van der Waals surface area contributed by atoms with Gasteiger partial charge < -0.3 is 10.2 Å². The topological polar surface area (TPSA) is 40.5 Å². The summed E-state index contributed by atoms with van der Waals surface area (Å²) in [5.74, 6) is 0.854. The van der Waals surface area contributed by atoms with Gasteiger partial charge in [-0.05, 0) is 51.4 Å². The van der Waals surface area contributed by atoms with Crippen molar-refractivity contribution in [3.8, 4) is 0 Å². The van der Waals surface area contributed by atoms with E-state index in [0.717, 1.165) is 25.7 Å². The Hall–Kier alpha value is -0.340. The molecule has 0 bridgehead atoms. The Balaban J connectivity index is 2.37. The highest BCUT2D eigenvalue weighted by atomic mass is 16.3. The molecule has 0 amide bonds. The predicted molar refractivity (Wildman–Crippen MR) is 69.6 cm³/mol. The van der Waals surface area contributed by atoms with E-state index in [2.05, 4.69) is 19.9 Å². The van der Waals surface area contributed by atoms with E-state index in [-0.39, 0.29) is 11.8 Å². The fourth-order valence-corrected chi connectivity index (χ4v) is 3.60. The van der Waals surface area contributed by atoms with Crippen LogP contribution in [0.5, 0.6) is 0 Å². The van der Waals surface area contributed by atoms with Crippen molar-refractivity contribution in [1.29, 1.82) is 0 Å². The van der Waals surface area contributed by atoms with E-state index in [1.807, 2.05) is 13.8 Å². The Morgan fingerprint density at radius 2 is 1.82 bits per heavy atom. The lowest BCUT2D eigenvalue weighted by Gasteiger charge is -2.34. The molecule has 17 heavy (non-hydrogen) atoms. The zero-order chi connectivity index (χ0) is 12.8. The van der Waals surface area contributed by atoms with Crippen LogP contribution in [-0.2, 0) is 0 Å². The monoisotopic (exact) mass is 238 g/mol. The molecule has 1 fully saturated rings. The molecule has 0 aromatic carbocycles. The molecule has 0 aromatic heterocycles. The van der Waals surface area contributed by atoms with Crippen LogP contribution in [0.4, 0.5) is 0 Å². The molecule has 0 spiro atoms. The Morgan fingerprint density at radius 3 is 2.41 bits per heavy atom. The SMILES string of the molecule is CC(C)C1=C[C@@H]2[C@@H](CC[C@]2(C)O)[C@](C)(O)CC1. The van der Waals surface area contributed by atoms with E-state index in [9.17, 15) is 10.2 Å². The maximum atomic E-state index is 10.6. The standard InChI is InChI=1S/C15H26O2/c1-10(2)11-5-7-14(3,16)12-6-8-15(4,17)13(12)9-11/h9-10,12-13,16-17H,5-8H2,1-4H3/t12-,13-,14-,15+/m1/s1. The lowest BCUT2D eigenvalue weighted by Crippen LogP contribution is -2.40. The van der Waals surface area contributed by atoms with Crippen LogP contribution < -0.4 is 0 Å². The molecule has 0 aliphatic heterocycles. The number of hydrogen-bond acceptors (Lipinski definition) is 2.